The molecular weight excluding hydrogens is 1890 g/mol. The van der Waals surface area contributed by atoms with Gasteiger partial charge in [-0.05, 0) is 192 Å². The van der Waals surface area contributed by atoms with Crippen molar-refractivity contribution in [1.82, 2.24) is 26.6 Å². The second kappa shape index (κ2) is 56.1. The zero-order valence-electron chi connectivity index (χ0n) is 89.3. The van der Waals surface area contributed by atoms with Gasteiger partial charge in [-0.15, -0.1) is 0 Å². The Kier molecular flexibility index (Phi) is 46.9. The molecule has 25 N–H and O–H groups in total. The van der Waals surface area contributed by atoms with Crippen molar-refractivity contribution in [1.29, 1.82) is 0 Å². The van der Waals surface area contributed by atoms with E-state index in [4.69, 9.17) is 39.5 Å². The SMILES string of the molecule is CC(=O)CCCCCNC(=O)c1cc(N)cc(NC(=O)C(C)(C)C)c1.CC(=O)CNC(=O)c1cc(N)cc(NC(=O)C(C)(C)C)c1.CC(=O)c1ccc(CNC(=O)c2cc(N)cc(NC(=O)C(C)(C)C)c2)cc1.CC(=O)c1ccc(NC(=O)c2cc(N)cc(NC(=O)C(C)(C)C)c2)cc1.CCCC(NC(=O)c1ccc(N)c(NC(=O)C(C)(C)C)c1)C(=O)O.C[n+]1ccc(CNC(=O)c2cc(N)cc(NC(=O)C(C)(C)C)c2)cc1. The van der Waals surface area contributed by atoms with Gasteiger partial charge in [-0.1, -0.05) is 169 Å². The largest absolute Gasteiger partial charge is 0.480 e. The van der Waals surface area contributed by atoms with E-state index in [1.165, 1.54) is 57.2 Å². The molecule has 0 fully saturated rings. The fraction of sp³-hybridized carbons (Fsp3) is 0.369. The van der Waals surface area contributed by atoms with E-state index in [0.29, 0.717) is 152 Å². The number of nitrogen functional groups attached to an aromatic ring is 6. The molecule has 12 amide bonds. The summed E-state index contributed by atoms with van der Waals surface area (Å²) in [5, 5.41) is 41.8. The Labute approximate surface area is 866 Å². The van der Waals surface area contributed by atoms with Crippen molar-refractivity contribution < 1.29 is 91.2 Å². The Balaban J connectivity index is 0.000000370. The summed E-state index contributed by atoms with van der Waals surface area (Å²) in [6.07, 6.45) is 7.94. The van der Waals surface area contributed by atoms with Crippen LogP contribution in [-0.4, -0.2) is 124 Å². The van der Waals surface area contributed by atoms with Crippen LogP contribution < -0.4 is 103 Å². The van der Waals surface area contributed by atoms with Gasteiger partial charge in [0.25, 0.3) is 35.4 Å². The smallest absolute Gasteiger partial charge is 0.326 e. The monoisotopic (exact) mass is 2040 g/mol. The van der Waals surface area contributed by atoms with Gasteiger partial charge in [0, 0.05) is 178 Å². The van der Waals surface area contributed by atoms with E-state index in [2.05, 4.69) is 63.8 Å². The zero-order valence-corrected chi connectivity index (χ0v) is 89.3. The highest BCUT2D eigenvalue weighted by Gasteiger charge is 2.30. The van der Waals surface area contributed by atoms with Crippen LogP contribution in [0.3, 0.4) is 0 Å². The fourth-order valence-corrected chi connectivity index (χ4v) is 12.1. The number of anilines is 13. The van der Waals surface area contributed by atoms with Gasteiger partial charge in [0.1, 0.15) is 24.7 Å². The summed E-state index contributed by atoms with van der Waals surface area (Å²) in [6.45, 7) is 41.4. The molecule has 9 aromatic rings. The van der Waals surface area contributed by atoms with Crippen LogP contribution in [-0.2, 0) is 63.3 Å². The van der Waals surface area contributed by atoms with E-state index in [1.807, 2.05) is 84.6 Å². The van der Waals surface area contributed by atoms with Crippen LogP contribution in [0.5, 0.6) is 0 Å². The number of nitrogens with two attached hydrogens (primary N) is 6. The first-order chi connectivity index (χ1) is 68.5. The van der Waals surface area contributed by atoms with Crippen molar-refractivity contribution in [2.45, 2.75) is 217 Å². The van der Waals surface area contributed by atoms with Crippen LogP contribution in [0.2, 0.25) is 0 Å². The number of carboxylic acids is 1. The molecule has 1 unspecified atom stereocenters. The van der Waals surface area contributed by atoms with Crippen LogP contribution >= 0.6 is 0 Å². The number of aliphatic carboxylic acids is 1. The highest BCUT2D eigenvalue weighted by Crippen LogP contribution is 2.30. The van der Waals surface area contributed by atoms with E-state index in [0.717, 1.165) is 30.4 Å². The number of unbranched alkanes of at least 4 members (excludes halogenated alkanes) is 2. The molecule has 0 saturated heterocycles. The highest BCUT2D eigenvalue weighted by atomic mass is 16.4. The third kappa shape index (κ3) is 45.2. The number of aryl methyl sites for hydroxylation is 1. The Morgan fingerprint density at radius 1 is 0.311 bits per heavy atom. The number of nitrogens with zero attached hydrogens (tertiary/aromatic N) is 1. The van der Waals surface area contributed by atoms with E-state index in [1.54, 1.807) is 211 Å². The number of carbonyl (C=O) groups is 17. The Morgan fingerprint density at radius 3 is 0.939 bits per heavy atom. The van der Waals surface area contributed by atoms with Crippen molar-refractivity contribution in [2.75, 3.05) is 84.7 Å². The maximum atomic E-state index is 12.5. The molecule has 0 aliphatic carbocycles. The second-order valence-corrected chi connectivity index (χ2v) is 41.6. The molecule has 794 valence electrons. The van der Waals surface area contributed by atoms with Gasteiger partial charge in [-0.25, -0.2) is 9.36 Å². The summed E-state index contributed by atoms with van der Waals surface area (Å²) in [4.78, 5) is 202. The molecule has 0 bridgehead atoms. The number of ketones is 4. The average Bonchev–Trinajstić information content (AvgIpc) is 0.853. The Morgan fingerprint density at radius 2 is 0.622 bits per heavy atom. The van der Waals surface area contributed by atoms with Gasteiger partial charge >= 0.3 is 5.97 Å². The lowest BCUT2D eigenvalue weighted by molar-refractivity contribution is -0.671. The van der Waals surface area contributed by atoms with Crippen molar-refractivity contribution in [2.24, 2.45) is 39.5 Å². The lowest BCUT2D eigenvalue weighted by Gasteiger charge is -2.19. The summed E-state index contributed by atoms with van der Waals surface area (Å²) >= 11 is 0. The molecule has 0 spiro atoms. The molecule has 0 saturated carbocycles. The number of rotatable bonds is 31. The molecule has 37 nitrogen and oxygen atoms in total. The normalized spacial score (nSPS) is 11.2. The zero-order chi connectivity index (χ0) is 112. The van der Waals surface area contributed by atoms with Crippen molar-refractivity contribution >= 4 is 174 Å². The molecule has 0 aliphatic rings. The average molecular weight is 2040 g/mol. The minimum absolute atomic E-state index is 0.00446. The number of hydrogen-bond donors (Lipinski definition) is 19. The van der Waals surface area contributed by atoms with Crippen LogP contribution in [0.25, 0.3) is 0 Å². The minimum Gasteiger partial charge on any atom is -0.480 e. The molecule has 1 aromatic heterocycles. The van der Waals surface area contributed by atoms with Gasteiger partial charge in [-0.3, -0.25) is 71.9 Å². The summed E-state index contributed by atoms with van der Waals surface area (Å²) in [7, 11) is 1.93. The van der Waals surface area contributed by atoms with E-state index < -0.39 is 56.3 Å². The molecular formula is C111H148N19O18+. The number of Topliss-reactive ketones (excluding diaryl/α,β-unsaturated/α-hetero) is 4. The first kappa shape index (κ1) is 124. The minimum atomic E-state index is -1.08. The Bertz CT molecular complexity index is 6270. The number of carbonyl (C=O) groups excluding carboxylic acids is 16. The fourth-order valence-electron chi connectivity index (χ4n) is 12.1. The third-order valence-electron chi connectivity index (χ3n) is 21.1. The highest BCUT2D eigenvalue weighted by molar-refractivity contribution is 6.09. The van der Waals surface area contributed by atoms with Crippen molar-refractivity contribution in [3.8, 4) is 0 Å². The van der Waals surface area contributed by atoms with E-state index in [-0.39, 0.29) is 94.3 Å². The predicted octanol–water partition coefficient (Wildman–Crippen LogP) is 16.0. The van der Waals surface area contributed by atoms with Crippen LogP contribution in [0.1, 0.15) is 292 Å². The van der Waals surface area contributed by atoms with Crippen LogP contribution in [0.4, 0.5) is 73.9 Å². The van der Waals surface area contributed by atoms with Gasteiger partial charge in [-0.2, -0.15) is 0 Å². The lowest BCUT2D eigenvalue weighted by atomic mass is 9.95. The number of hydrogen-bond acceptors (Lipinski definition) is 23. The molecule has 9 rings (SSSR count). The first-order valence-electron chi connectivity index (χ1n) is 47.9. The van der Waals surface area contributed by atoms with Gasteiger partial charge in [0.05, 0.1) is 17.9 Å². The number of benzene rings is 8. The summed E-state index contributed by atoms with van der Waals surface area (Å²) in [5.41, 5.74) is 42.3. The number of amides is 12. The molecule has 0 aliphatic heterocycles. The summed E-state index contributed by atoms with van der Waals surface area (Å²) in [5.74, 6) is -4.19. The summed E-state index contributed by atoms with van der Waals surface area (Å²) in [6, 6.07) is 44.7. The number of carboxylic acid groups (broad SMARTS) is 1. The topological polar surface area (TPSA) is 615 Å². The molecule has 8 aromatic carbocycles. The third-order valence-corrected chi connectivity index (χ3v) is 21.1. The number of pyridine rings is 1. The van der Waals surface area contributed by atoms with Gasteiger partial charge < -0.3 is 108 Å². The lowest BCUT2D eigenvalue weighted by Crippen LogP contribution is -2.40. The first-order valence-corrected chi connectivity index (χ1v) is 47.9. The second-order valence-electron chi connectivity index (χ2n) is 41.6. The van der Waals surface area contributed by atoms with Gasteiger partial charge in [0.2, 0.25) is 35.4 Å². The predicted molar refractivity (Wildman–Crippen MR) is 583 cm³/mol. The number of aromatic nitrogens is 1. The standard InChI is InChI=1S/C21H25N3O3.C20H23N3O3.C19H24N4O2.C19H29N3O3.C17H25N3O4.C15H21N3O3/c1-13(25)15-7-5-14(6-8-15)12-23-19(26)16-9-17(22)11-18(10-16)24-20(27)21(2,3)4;1-12(24)13-5-7-16(8-6-13)22-18(25)14-9-15(21)11-17(10-14)23-19(26)20(2,3)4;1-19(2,3)18(25)22-16-10-14(9-15(20)11-16)17(24)21-12-13-5-7-23(4)8-6-13;1-13(23)8-6-5-7-9-21-17(24)14-10-15(20)12-16(11-14)22-18(25)19(2,3)4;1-5-6-12(15(22)23)19-14(21)10-7-8-11(18)13(9-10)20-16(24)17(2,3)4;1-9(19)8-17-13(20)10-5-11(16)7-12(6-10)18-14(21)15(2,3)4/h5-11H,12,22H2,1-4H3,(H,23,26)(H,24,27);5-11H,21H2,1-4H3,(H,22,25)(H,23,26);5-11H,12,20H2,1-4H3,(H-,21,22,24,25);10-12H,5-9,20H2,1-4H3,(H,21,24)(H,22,25);7-9,12H,5-6,18H2,1-4H3,(H,19,21)(H,20,24)(H,22,23);5-7H,8,16H2,1-4H3,(H,17,20)(H,18,21)/p+1. The van der Waals surface area contributed by atoms with Crippen molar-refractivity contribution in [3.05, 3.63) is 238 Å². The maximum Gasteiger partial charge on any atom is 0.326 e. The molecule has 1 heterocycles. The van der Waals surface area contributed by atoms with Gasteiger partial charge in [0.15, 0.2) is 24.0 Å². The Hall–Kier alpha value is -16.5. The molecule has 0 radical (unpaired) electrons. The molecule has 1 atom stereocenters. The molecule has 148 heavy (non-hydrogen) atoms. The van der Waals surface area contributed by atoms with Crippen molar-refractivity contribution in [3.63, 3.8) is 0 Å². The quantitative estimate of drug-likeness (QED) is 0.00830. The molecule has 37 heteroatoms. The maximum absolute atomic E-state index is 12.5. The van der Waals surface area contributed by atoms with E-state index in [9.17, 15) is 81.5 Å². The number of nitrogens with one attached hydrogen (secondary N) is 12. The summed E-state index contributed by atoms with van der Waals surface area (Å²) < 4.78 is 1.92. The van der Waals surface area contributed by atoms with Crippen LogP contribution in [0, 0.1) is 32.5 Å². The van der Waals surface area contributed by atoms with E-state index >= 15 is 0 Å². The van der Waals surface area contributed by atoms with Crippen LogP contribution in [0.15, 0.2) is 182 Å².